The summed E-state index contributed by atoms with van der Waals surface area (Å²) < 4.78 is 1.83. The predicted molar refractivity (Wildman–Crippen MR) is 74.6 cm³/mol. The number of rotatable bonds is 4. The molecular weight excluding hydrogens is 262 g/mol. The van der Waals surface area contributed by atoms with Crippen LogP contribution < -0.4 is 5.73 Å². The molecule has 0 bridgehead atoms. The van der Waals surface area contributed by atoms with Gasteiger partial charge in [-0.25, -0.2) is 4.68 Å². The summed E-state index contributed by atoms with van der Waals surface area (Å²) in [5.41, 5.74) is 7.17. The summed E-state index contributed by atoms with van der Waals surface area (Å²) in [6.45, 7) is 0.841. The van der Waals surface area contributed by atoms with Crippen LogP contribution in [-0.2, 0) is 6.54 Å². The summed E-state index contributed by atoms with van der Waals surface area (Å²) in [7, 11) is 0. The van der Waals surface area contributed by atoms with Gasteiger partial charge in [-0.15, -0.1) is 5.10 Å². The van der Waals surface area contributed by atoms with E-state index in [2.05, 4.69) is 15.5 Å². The summed E-state index contributed by atoms with van der Waals surface area (Å²) in [4.78, 5) is 0. The van der Waals surface area contributed by atoms with Gasteiger partial charge in [0, 0.05) is 17.8 Å². The Bertz CT molecular complexity index is 576. The number of aromatic nitrogens is 4. The highest BCUT2D eigenvalue weighted by molar-refractivity contribution is 6.33. The molecule has 6 heteroatoms. The van der Waals surface area contributed by atoms with Gasteiger partial charge in [0.25, 0.3) is 0 Å². The average molecular weight is 278 g/mol. The summed E-state index contributed by atoms with van der Waals surface area (Å²) >= 11 is 6.21. The van der Waals surface area contributed by atoms with Crippen molar-refractivity contribution in [3.8, 4) is 11.4 Å². The molecule has 0 spiro atoms. The Kier molecular flexibility index (Phi) is 3.38. The quantitative estimate of drug-likeness (QED) is 0.873. The molecule has 0 aliphatic heterocycles. The fraction of sp³-hybridized carbons (Fsp3) is 0.462. The monoisotopic (exact) mass is 277 g/mol. The molecule has 1 fully saturated rings. The first-order valence-electron chi connectivity index (χ1n) is 6.55. The normalized spacial score (nSPS) is 15.4. The number of nitrogens with two attached hydrogens (primary N) is 1. The summed E-state index contributed by atoms with van der Waals surface area (Å²) in [5, 5.41) is 12.5. The molecule has 0 radical (unpaired) electrons. The van der Waals surface area contributed by atoms with Crippen LogP contribution in [0, 0.1) is 5.92 Å². The van der Waals surface area contributed by atoms with Gasteiger partial charge in [-0.3, -0.25) is 0 Å². The Morgan fingerprint density at radius 3 is 2.89 bits per heavy atom. The highest BCUT2D eigenvalue weighted by atomic mass is 35.5. The van der Waals surface area contributed by atoms with Crippen molar-refractivity contribution in [3.63, 3.8) is 0 Å². The fourth-order valence-corrected chi connectivity index (χ4v) is 2.62. The first kappa shape index (κ1) is 12.4. The molecule has 1 saturated carbocycles. The number of benzene rings is 1. The highest BCUT2D eigenvalue weighted by Crippen LogP contribution is 2.31. The Balaban J connectivity index is 1.81. The molecule has 1 aliphatic rings. The molecule has 0 unspecified atom stereocenters. The second-order valence-corrected chi connectivity index (χ2v) is 5.46. The third-order valence-electron chi connectivity index (χ3n) is 3.74. The molecule has 1 aromatic heterocycles. The minimum absolute atomic E-state index is 0.583. The minimum Gasteiger partial charge on any atom is -0.399 e. The van der Waals surface area contributed by atoms with Crippen molar-refractivity contribution in [1.82, 2.24) is 20.2 Å². The number of hydrogen-bond donors (Lipinski definition) is 1. The van der Waals surface area contributed by atoms with Crippen molar-refractivity contribution in [3.05, 3.63) is 23.2 Å². The number of tetrazole rings is 1. The Morgan fingerprint density at radius 2 is 2.21 bits per heavy atom. The van der Waals surface area contributed by atoms with Gasteiger partial charge in [0.15, 0.2) is 5.82 Å². The molecule has 1 heterocycles. The smallest absolute Gasteiger partial charge is 0.183 e. The van der Waals surface area contributed by atoms with E-state index < -0.39 is 0 Å². The van der Waals surface area contributed by atoms with Crippen molar-refractivity contribution >= 4 is 17.3 Å². The van der Waals surface area contributed by atoms with Crippen molar-refractivity contribution in [2.24, 2.45) is 5.92 Å². The molecule has 1 aromatic carbocycles. The lowest BCUT2D eigenvalue weighted by Crippen LogP contribution is -2.15. The second-order valence-electron chi connectivity index (χ2n) is 5.05. The molecular formula is C13H16ClN5. The SMILES string of the molecule is Nc1ccc(-c2nnnn2CCC2CCC2)c(Cl)c1. The highest BCUT2D eigenvalue weighted by Gasteiger charge is 2.19. The lowest BCUT2D eigenvalue weighted by molar-refractivity contribution is 0.277. The van der Waals surface area contributed by atoms with E-state index in [1.807, 2.05) is 16.8 Å². The van der Waals surface area contributed by atoms with Gasteiger partial charge in [-0.05, 0) is 41.0 Å². The standard InChI is InChI=1S/C13H16ClN5/c14-12-8-10(15)4-5-11(12)13-16-17-18-19(13)7-6-9-2-1-3-9/h4-5,8-9H,1-3,6-7,15H2. The summed E-state index contributed by atoms with van der Waals surface area (Å²) in [5.74, 6) is 1.54. The van der Waals surface area contributed by atoms with Crippen LogP contribution in [0.5, 0.6) is 0 Å². The Hall–Kier alpha value is -1.62. The molecule has 100 valence electrons. The lowest BCUT2D eigenvalue weighted by Gasteiger charge is -2.24. The third-order valence-corrected chi connectivity index (χ3v) is 4.05. The van der Waals surface area contributed by atoms with Crippen LogP contribution in [0.2, 0.25) is 5.02 Å². The zero-order valence-electron chi connectivity index (χ0n) is 10.6. The van der Waals surface area contributed by atoms with Crippen LogP contribution in [0.15, 0.2) is 18.2 Å². The van der Waals surface area contributed by atoms with E-state index in [0.29, 0.717) is 16.5 Å². The van der Waals surface area contributed by atoms with Crippen molar-refractivity contribution in [1.29, 1.82) is 0 Å². The van der Waals surface area contributed by atoms with Crippen LogP contribution in [0.3, 0.4) is 0 Å². The second kappa shape index (κ2) is 5.17. The molecule has 1 aliphatic carbocycles. The van der Waals surface area contributed by atoms with Gasteiger partial charge in [0.05, 0.1) is 5.02 Å². The zero-order valence-corrected chi connectivity index (χ0v) is 11.3. The maximum Gasteiger partial charge on any atom is 0.183 e. The zero-order chi connectivity index (χ0) is 13.2. The van der Waals surface area contributed by atoms with E-state index in [1.54, 1.807) is 6.07 Å². The van der Waals surface area contributed by atoms with Gasteiger partial charge >= 0.3 is 0 Å². The first-order chi connectivity index (χ1) is 9.24. The number of hydrogen-bond acceptors (Lipinski definition) is 4. The van der Waals surface area contributed by atoms with Crippen LogP contribution >= 0.6 is 11.6 Å². The summed E-state index contributed by atoms with van der Waals surface area (Å²) in [6.07, 6.45) is 5.15. The fourth-order valence-electron chi connectivity index (χ4n) is 2.35. The molecule has 2 N–H and O–H groups in total. The number of anilines is 1. The average Bonchev–Trinajstić information content (AvgIpc) is 2.75. The maximum atomic E-state index is 6.21. The number of aryl methyl sites for hydroxylation is 1. The van der Waals surface area contributed by atoms with E-state index in [9.17, 15) is 0 Å². The molecule has 2 aromatic rings. The van der Waals surface area contributed by atoms with E-state index in [0.717, 1.165) is 24.4 Å². The molecule has 0 atom stereocenters. The van der Waals surface area contributed by atoms with E-state index in [1.165, 1.54) is 19.3 Å². The van der Waals surface area contributed by atoms with Gasteiger partial charge < -0.3 is 5.73 Å². The van der Waals surface area contributed by atoms with Crippen molar-refractivity contribution in [2.75, 3.05) is 5.73 Å². The molecule has 19 heavy (non-hydrogen) atoms. The molecule has 3 rings (SSSR count). The summed E-state index contributed by atoms with van der Waals surface area (Å²) in [6, 6.07) is 5.40. The maximum absolute atomic E-state index is 6.21. The number of nitrogen functional groups attached to an aromatic ring is 1. The van der Waals surface area contributed by atoms with E-state index in [-0.39, 0.29) is 0 Å². The van der Waals surface area contributed by atoms with Gasteiger partial charge in [0.1, 0.15) is 0 Å². The topological polar surface area (TPSA) is 69.6 Å². The lowest BCUT2D eigenvalue weighted by atomic mass is 9.83. The number of nitrogens with zero attached hydrogens (tertiary/aromatic N) is 4. The van der Waals surface area contributed by atoms with Gasteiger partial charge in [-0.2, -0.15) is 0 Å². The van der Waals surface area contributed by atoms with Crippen LogP contribution in [-0.4, -0.2) is 20.2 Å². The van der Waals surface area contributed by atoms with Gasteiger partial charge in [-0.1, -0.05) is 30.9 Å². The van der Waals surface area contributed by atoms with Gasteiger partial charge in [0.2, 0.25) is 0 Å². The van der Waals surface area contributed by atoms with Crippen molar-refractivity contribution in [2.45, 2.75) is 32.2 Å². The largest absolute Gasteiger partial charge is 0.399 e. The number of halogens is 1. The van der Waals surface area contributed by atoms with Crippen LogP contribution in [0.4, 0.5) is 5.69 Å². The third kappa shape index (κ3) is 2.56. The molecule has 0 saturated heterocycles. The Labute approximate surface area is 116 Å². The first-order valence-corrected chi connectivity index (χ1v) is 6.93. The van der Waals surface area contributed by atoms with Crippen LogP contribution in [0.1, 0.15) is 25.7 Å². The van der Waals surface area contributed by atoms with Crippen LogP contribution in [0.25, 0.3) is 11.4 Å². The van der Waals surface area contributed by atoms with E-state index in [4.69, 9.17) is 17.3 Å². The predicted octanol–water partition coefficient (Wildman–Crippen LogP) is 2.77. The minimum atomic E-state index is 0.583. The molecule has 0 amide bonds. The molecule has 5 nitrogen and oxygen atoms in total. The van der Waals surface area contributed by atoms with E-state index >= 15 is 0 Å². The van der Waals surface area contributed by atoms with Crippen molar-refractivity contribution < 1.29 is 0 Å². The Morgan fingerprint density at radius 1 is 1.37 bits per heavy atom.